The van der Waals surface area contributed by atoms with Crippen LogP contribution in [-0.2, 0) is 14.8 Å². The minimum Gasteiger partial charge on any atom is -0.495 e. The summed E-state index contributed by atoms with van der Waals surface area (Å²) in [5, 5.41) is 2.71. The van der Waals surface area contributed by atoms with Crippen LogP contribution in [0.5, 0.6) is 5.75 Å². The second-order valence-corrected chi connectivity index (χ2v) is 9.90. The third-order valence-corrected chi connectivity index (χ3v) is 6.50. The molecule has 10 heteroatoms. The van der Waals surface area contributed by atoms with Gasteiger partial charge in [-0.15, -0.1) is 0 Å². The first-order valence-electron chi connectivity index (χ1n) is 9.17. The molecule has 0 unspecified atom stereocenters. The number of nitrogens with zero attached hydrogens (tertiary/aromatic N) is 2. The van der Waals surface area contributed by atoms with E-state index in [4.69, 9.17) is 4.74 Å². The molecule has 0 atom stereocenters. The summed E-state index contributed by atoms with van der Waals surface area (Å²) in [5.74, 6) is -0.168. The van der Waals surface area contributed by atoms with Gasteiger partial charge in [0.05, 0.1) is 29.3 Å². The summed E-state index contributed by atoms with van der Waals surface area (Å²) in [5.41, 5.74) is 1.56. The first-order chi connectivity index (χ1) is 14.1. The number of hydrogen-bond donors (Lipinski definition) is 1. The molecule has 0 bridgehead atoms. The summed E-state index contributed by atoms with van der Waals surface area (Å²) in [6.07, 6.45) is 1.03. The normalized spacial score (nSPS) is 11.6. The number of hydrogen-bond acceptors (Lipinski definition) is 6. The van der Waals surface area contributed by atoms with Crippen LogP contribution in [0.15, 0.2) is 47.3 Å². The highest BCUT2D eigenvalue weighted by molar-refractivity contribution is 7.92. The molecule has 160 valence electrons. The van der Waals surface area contributed by atoms with Gasteiger partial charge in [-0.3, -0.25) is 18.5 Å². The summed E-state index contributed by atoms with van der Waals surface area (Å²) >= 11 is 1.10. The maximum Gasteiger partial charge on any atom is 0.308 e. The Balaban J connectivity index is 1.86. The lowest BCUT2D eigenvalue weighted by Crippen LogP contribution is -2.37. The largest absolute Gasteiger partial charge is 0.495 e. The highest BCUT2D eigenvalue weighted by atomic mass is 32.2. The first kappa shape index (κ1) is 21.8. The fourth-order valence-electron chi connectivity index (χ4n) is 3.15. The average Bonchev–Trinajstić information content (AvgIpc) is 3.00. The maximum atomic E-state index is 12.6. The molecule has 2 aromatic carbocycles. The standard InChI is InChI=1S/C20H23N3O5S2/c1-13(2)23-16-10-9-14(11-18(16)29-20(23)25)21-19(24)12-22(30(4,26)27)15-7-5-6-8-17(15)28-3/h5-11,13H,12H2,1-4H3,(H,21,24). The number of methoxy groups -OCH3 is 1. The number of carbonyl (C=O) groups is 1. The van der Waals surface area contributed by atoms with Gasteiger partial charge in [-0.05, 0) is 44.2 Å². The number of sulfonamides is 1. The van der Waals surface area contributed by atoms with Gasteiger partial charge in [0.2, 0.25) is 15.9 Å². The van der Waals surface area contributed by atoms with Crippen molar-refractivity contribution in [3.8, 4) is 5.75 Å². The Bertz CT molecular complexity index is 1240. The van der Waals surface area contributed by atoms with Crippen molar-refractivity contribution in [2.45, 2.75) is 19.9 Å². The van der Waals surface area contributed by atoms with Crippen LogP contribution < -0.4 is 19.2 Å². The van der Waals surface area contributed by atoms with Gasteiger partial charge in [0.1, 0.15) is 12.3 Å². The highest BCUT2D eigenvalue weighted by Gasteiger charge is 2.24. The average molecular weight is 450 g/mol. The lowest BCUT2D eigenvalue weighted by molar-refractivity contribution is -0.114. The number of rotatable bonds is 7. The quantitative estimate of drug-likeness (QED) is 0.598. The zero-order chi connectivity index (χ0) is 22.1. The molecule has 0 radical (unpaired) electrons. The number of aromatic nitrogens is 1. The van der Waals surface area contributed by atoms with Crippen molar-refractivity contribution in [2.75, 3.05) is 29.5 Å². The Labute approximate surface area is 178 Å². The van der Waals surface area contributed by atoms with Crippen LogP contribution in [0.4, 0.5) is 11.4 Å². The zero-order valence-electron chi connectivity index (χ0n) is 17.1. The van der Waals surface area contributed by atoms with Crippen molar-refractivity contribution >= 4 is 48.9 Å². The topological polar surface area (TPSA) is 97.7 Å². The Morgan fingerprint density at radius 3 is 2.57 bits per heavy atom. The number of fused-ring (bicyclic) bond motifs is 1. The minimum atomic E-state index is -3.73. The Kier molecular flexibility index (Phi) is 6.18. The Morgan fingerprint density at radius 2 is 1.93 bits per heavy atom. The zero-order valence-corrected chi connectivity index (χ0v) is 18.7. The molecule has 30 heavy (non-hydrogen) atoms. The highest BCUT2D eigenvalue weighted by Crippen LogP contribution is 2.29. The number of amides is 1. The van der Waals surface area contributed by atoms with Gasteiger partial charge >= 0.3 is 4.87 Å². The van der Waals surface area contributed by atoms with Gasteiger partial charge < -0.3 is 10.1 Å². The van der Waals surface area contributed by atoms with Crippen LogP contribution in [0.1, 0.15) is 19.9 Å². The van der Waals surface area contributed by atoms with Crippen molar-refractivity contribution < 1.29 is 17.9 Å². The van der Waals surface area contributed by atoms with E-state index in [9.17, 15) is 18.0 Å². The molecule has 3 aromatic rings. The molecular formula is C20H23N3O5S2. The van der Waals surface area contributed by atoms with E-state index in [1.807, 2.05) is 13.8 Å². The third kappa shape index (κ3) is 4.49. The van der Waals surface area contributed by atoms with E-state index >= 15 is 0 Å². The number of thiazole rings is 1. The van der Waals surface area contributed by atoms with Gasteiger partial charge in [-0.25, -0.2) is 8.42 Å². The molecule has 0 fully saturated rings. The van der Waals surface area contributed by atoms with E-state index in [1.165, 1.54) is 7.11 Å². The van der Waals surface area contributed by atoms with E-state index in [1.54, 1.807) is 47.0 Å². The minimum absolute atomic E-state index is 0.0239. The molecule has 3 rings (SSSR count). The Hall–Kier alpha value is -2.85. The SMILES string of the molecule is COc1ccccc1N(CC(=O)Nc1ccc2c(c1)sc(=O)n2C(C)C)S(C)(=O)=O. The monoisotopic (exact) mass is 449 g/mol. The predicted octanol–water partition coefficient (Wildman–Crippen LogP) is 3.06. The van der Waals surface area contributed by atoms with Crippen molar-refractivity contribution in [3.63, 3.8) is 0 Å². The predicted molar refractivity (Wildman–Crippen MR) is 120 cm³/mol. The molecule has 1 aromatic heterocycles. The van der Waals surface area contributed by atoms with Crippen LogP contribution in [-0.4, -0.2) is 38.8 Å². The molecule has 0 saturated heterocycles. The molecule has 1 amide bonds. The van der Waals surface area contributed by atoms with Crippen molar-refractivity contribution in [2.24, 2.45) is 0 Å². The van der Waals surface area contributed by atoms with Crippen LogP contribution in [0.3, 0.4) is 0 Å². The molecule has 0 spiro atoms. The molecular weight excluding hydrogens is 426 g/mol. The summed E-state index contributed by atoms with van der Waals surface area (Å²) in [7, 11) is -2.30. The van der Waals surface area contributed by atoms with Crippen LogP contribution in [0, 0.1) is 0 Å². The number of nitrogens with one attached hydrogen (secondary N) is 1. The van der Waals surface area contributed by atoms with Crippen molar-refractivity contribution in [1.82, 2.24) is 4.57 Å². The van der Waals surface area contributed by atoms with Gasteiger partial charge in [0.25, 0.3) is 0 Å². The lowest BCUT2D eigenvalue weighted by Gasteiger charge is -2.23. The van der Waals surface area contributed by atoms with E-state index in [-0.39, 0.29) is 16.6 Å². The van der Waals surface area contributed by atoms with E-state index in [0.29, 0.717) is 11.4 Å². The molecule has 0 aliphatic heterocycles. The van der Waals surface area contributed by atoms with Crippen LogP contribution >= 0.6 is 11.3 Å². The fourth-order valence-corrected chi connectivity index (χ4v) is 5.06. The number of anilines is 2. The number of benzene rings is 2. The van der Waals surface area contributed by atoms with Crippen LogP contribution in [0.25, 0.3) is 10.2 Å². The second-order valence-electron chi connectivity index (χ2n) is 7.00. The molecule has 1 heterocycles. The van der Waals surface area contributed by atoms with Crippen LogP contribution in [0.2, 0.25) is 0 Å². The molecule has 0 saturated carbocycles. The summed E-state index contributed by atoms with van der Waals surface area (Å²) in [6, 6.07) is 11.8. The van der Waals surface area contributed by atoms with E-state index in [2.05, 4.69) is 5.32 Å². The van der Waals surface area contributed by atoms with Crippen molar-refractivity contribution in [1.29, 1.82) is 0 Å². The summed E-state index contributed by atoms with van der Waals surface area (Å²) in [6.45, 7) is 3.45. The maximum absolute atomic E-state index is 12.6. The Morgan fingerprint density at radius 1 is 1.23 bits per heavy atom. The first-order valence-corrected chi connectivity index (χ1v) is 11.8. The summed E-state index contributed by atoms with van der Waals surface area (Å²) in [4.78, 5) is 24.8. The van der Waals surface area contributed by atoms with Gasteiger partial charge in [-0.1, -0.05) is 23.5 Å². The van der Waals surface area contributed by atoms with Gasteiger partial charge in [0, 0.05) is 11.7 Å². The third-order valence-electron chi connectivity index (χ3n) is 4.45. The molecule has 0 aliphatic rings. The number of ether oxygens (including phenoxy) is 1. The number of carbonyl (C=O) groups excluding carboxylic acids is 1. The second kappa shape index (κ2) is 8.49. The van der Waals surface area contributed by atoms with E-state index < -0.39 is 22.5 Å². The molecule has 8 nitrogen and oxygen atoms in total. The summed E-state index contributed by atoms with van der Waals surface area (Å²) < 4.78 is 33.3. The lowest BCUT2D eigenvalue weighted by atomic mass is 10.2. The smallest absolute Gasteiger partial charge is 0.308 e. The fraction of sp³-hybridized carbons (Fsp3) is 0.300. The molecule has 1 N–H and O–H groups in total. The van der Waals surface area contributed by atoms with Gasteiger partial charge in [-0.2, -0.15) is 0 Å². The molecule has 0 aliphatic carbocycles. The van der Waals surface area contributed by atoms with E-state index in [0.717, 1.165) is 32.1 Å². The van der Waals surface area contributed by atoms with Crippen molar-refractivity contribution in [3.05, 3.63) is 52.1 Å². The number of para-hydroxylation sites is 2. The van der Waals surface area contributed by atoms with Gasteiger partial charge in [0.15, 0.2) is 0 Å².